The van der Waals surface area contributed by atoms with Crippen molar-refractivity contribution in [2.24, 2.45) is 0 Å². The summed E-state index contributed by atoms with van der Waals surface area (Å²) < 4.78 is 11.0. The second kappa shape index (κ2) is 8.92. The Balaban J connectivity index is 1.62. The van der Waals surface area contributed by atoms with Crippen molar-refractivity contribution in [3.63, 3.8) is 0 Å². The van der Waals surface area contributed by atoms with Gasteiger partial charge in [-0.1, -0.05) is 41.4 Å². The Morgan fingerprint density at radius 2 is 1.65 bits per heavy atom. The fourth-order valence-corrected chi connectivity index (χ4v) is 3.87. The first-order valence-corrected chi connectivity index (χ1v) is 10.3. The molecule has 0 aliphatic rings. The molecule has 31 heavy (non-hydrogen) atoms. The molecule has 0 amide bonds. The summed E-state index contributed by atoms with van der Waals surface area (Å²) in [5.41, 5.74) is 4.72. The van der Waals surface area contributed by atoms with Gasteiger partial charge < -0.3 is 14.6 Å². The first kappa shape index (κ1) is 21.1. The third kappa shape index (κ3) is 4.33. The first-order valence-electron chi connectivity index (χ1n) is 9.56. The second-order valence-electron chi connectivity index (χ2n) is 6.97. The monoisotopic (exact) mass is 454 g/mol. The zero-order chi connectivity index (χ0) is 22.0. The summed E-state index contributed by atoms with van der Waals surface area (Å²) in [6, 6.07) is 18.1. The number of benzene rings is 3. The molecule has 1 heterocycles. The van der Waals surface area contributed by atoms with Gasteiger partial charge in [0.25, 0.3) is 0 Å². The first-order chi connectivity index (χ1) is 15.0. The van der Waals surface area contributed by atoms with E-state index in [0.29, 0.717) is 32.6 Å². The molecule has 3 aromatic carbocycles. The van der Waals surface area contributed by atoms with Crippen LogP contribution in [0, 0.1) is 6.92 Å². The molecular formula is C24H20Cl2N2O3. The van der Waals surface area contributed by atoms with Crippen LogP contribution in [-0.4, -0.2) is 22.4 Å². The van der Waals surface area contributed by atoms with Crippen molar-refractivity contribution in [1.82, 2.24) is 10.2 Å². The van der Waals surface area contributed by atoms with E-state index in [1.54, 1.807) is 43.5 Å². The van der Waals surface area contributed by atoms with Crippen LogP contribution in [0.1, 0.15) is 11.3 Å². The van der Waals surface area contributed by atoms with Crippen molar-refractivity contribution in [3.05, 3.63) is 82.0 Å². The van der Waals surface area contributed by atoms with E-state index in [4.69, 9.17) is 32.7 Å². The van der Waals surface area contributed by atoms with Crippen molar-refractivity contribution in [2.45, 2.75) is 13.5 Å². The number of rotatable bonds is 6. The number of halogens is 2. The van der Waals surface area contributed by atoms with Crippen molar-refractivity contribution >= 4 is 23.2 Å². The van der Waals surface area contributed by atoms with Gasteiger partial charge in [-0.15, -0.1) is 0 Å². The van der Waals surface area contributed by atoms with Crippen LogP contribution >= 0.6 is 23.2 Å². The van der Waals surface area contributed by atoms with Gasteiger partial charge >= 0.3 is 0 Å². The predicted molar refractivity (Wildman–Crippen MR) is 123 cm³/mol. The predicted octanol–water partition coefficient (Wildman–Crippen LogP) is 6.65. The number of phenolic OH excluding ortho intramolecular Hbond substituents is 1. The van der Waals surface area contributed by atoms with Crippen LogP contribution in [0.5, 0.6) is 17.2 Å². The van der Waals surface area contributed by atoms with Crippen LogP contribution in [0.15, 0.2) is 60.7 Å². The number of nitrogens with one attached hydrogen (secondary N) is 1. The van der Waals surface area contributed by atoms with Crippen molar-refractivity contribution in [3.8, 4) is 39.6 Å². The molecule has 0 aliphatic heterocycles. The third-order valence-electron chi connectivity index (χ3n) is 5.00. The maximum Gasteiger partial charge on any atom is 0.128 e. The van der Waals surface area contributed by atoms with Gasteiger partial charge in [0.1, 0.15) is 29.5 Å². The van der Waals surface area contributed by atoms with E-state index >= 15 is 0 Å². The van der Waals surface area contributed by atoms with Gasteiger partial charge in [-0.2, -0.15) is 5.10 Å². The van der Waals surface area contributed by atoms with Gasteiger partial charge in [-0.05, 0) is 48.9 Å². The summed E-state index contributed by atoms with van der Waals surface area (Å²) in [5.74, 6) is 1.33. The fourth-order valence-electron chi connectivity index (χ4n) is 3.36. The van der Waals surface area contributed by atoms with Crippen LogP contribution in [0.4, 0.5) is 0 Å². The number of nitrogens with zero attached hydrogens (tertiary/aromatic N) is 1. The second-order valence-corrected chi connectivity index (χ2v) is 7.78. The molecule has 4 rings (SSSR count). The molecular weight excluding hydrogens is 435 g/mol. The topological polar surface area (TPSA) is 67.4 Å². The molecule has 5 nitrogen and oxygen atoms in total. The zero-order valence-electron chi connectivity index (χ0n) is 16.9. The van der Waals surface area contributed by atoms with E-state index in [0.717, 1.165) is 22.6 Å². The molecule has 1 aromatic heterocycles. The normalized spacial score (nSPS) is 10.8. The maximum atomic E-state index is 10.7. The van der Waals surface area contributed by atoms with Crippen molar-refractivity contribution < 1.29 is 14.6 Å². The molecule has 0 fully saturated rings. The van der Waals surface area contributed by atoms with Gasteiger partial charge in [-0.3, -0.25) is 5.10 Å². The lowest BCUT2D eigenvalue weighted by Crippen LogP contribution is -1.97. The fraction of sp³-hybridized carbons (Fsp3) is 0.125. The minimum Gasteiger partial charge on any atom is -0.507 e. The number of hydrogen-bond acceptors (Lipinski definition) is 4. The highest BCUT2D eigenvalue weighted by Gasteiger charge is 2.18. The molecule has 0 bridgehead atoms. The van der Waals surface area contributed by atoms with Gasteiger partial charge in [0.2, 0.25) is 0 Å². The number of phenols is 1. The van der Waals surface area contributed by atoms with E-state index in [1.807, 2.05) is 31.2 Å². The van der Waals surface area contributed by atoms with Crippen LogP contribution < -0.4 is 9.47 Å². The SMILES string of the molecule is COc1ccc(-c2c(-c3ccc(OCc4c(Cl)cccc4Cl)cc3O)n[nH]c2C)cc1. The van der Waals surface area contributed by atoms with Crippen LogP contribution in [0.2, 0.25) is 10.0 Å². The number of ether oxygens (including phenoxy) is 2. The highest BCUT2D eigenvalue weighted by molar-refractivity contribution is 6.35. The summed E-state index contributed by atoms with van der Waals surface area (Å²) in [4.78, 5) is 0. The lowest BCUT2D eigenvalue weighted by molar-refractivity contribution is 0.304. The molecule has 0 saturated carbocycles. The highest BCUT2D eigenvalue weighted by atomic mass is 35.5. The Hall–Kier alpha value is -3.15. The lowest BCUT2D eigenvalue weighted by Gasteiger charge is -2.12. The van der Waals surface area contributed by atoms with Crippen molar-refractivity contribution in [2.75, 3.05) is 7.11 Å². The number of hydrogen-bond donors (Lipinski definition) is 2. The molecule has 158 valence electrons. The number of aromatic hydroxyl groups is 1. The maximum absolute atomic E-state index is 10.7. The minimum atomic E-state index is 0.0593. The Kier molecular flexibility index (Phi) is 6.07. The number of methoxy groups -OCH3 is 1. The van der Waals surface area contributed by atoms with E-state index in [-0.39, 0.29) is 12.4 Å². The molecule has 0 atom stereocenters. The number of H-pyrrole nitrogens is 1. The Morgan fingerprint density at radius 3 is 2.29 bits per heavy atom. The molecule has 0 aliphatic carbocycles. The Morgan fingerprint density at radius 1 is 0.968 bits per heavy atom. The smallest absolute Gasteiger partial charge is 0.128 e. The number of aromatic nitrogens is 2. The average Bonchev–Trinajstić information content (AvgIpc) is 3.14. The summed E-state index contributed by atoms with van der Waals surface area (Å²) in [5, 5.41) is 19.2. The third-order valence-corrected chi connectivity index (χ3v) is 5.70. The number of aryl methyl sites for hydroxylation is 1. The van der Waals surface area contributed by atoms with Gasteiger partial charge in [-0.25, -0.2) is 0 Å². The van der Waals surface area contributed by atoms with Crippen LogP contribution in [0.25, 0.3) is 22.4 Å². The van der Waals surface area contributed by atoms with E-state index in [1.165, 1.54) is 0 Å². The molecule has 2 N–H and O–H groups in total. The molecule has 0 saturated heterocycles. The molecule has 0 spiro atoms. The van der Waals surface area contributed by atoms with Gasteiger partial charge in [0.05, 0.1) is 7.11 Å². The molecule has 4 aromatic rings. The summed E-state index contributed by atoms with van der Waals surface area (Å²) in [6.07, 6.45) is 0. The number of aromatic amines is 1. The zero-order valence-corrected chi connectivity index (χ0v) is 18.5. The quantitative estimate of drug-likeness (QED) is 0.342. The summed E-state index contributed by atoms with van der Waals surface area (Å²) in [6.45, 7) is 2.13. The Bertz CT molecular complexity index is 1200. The van der Waals surface area contributed by atoms with E-state index < -0.39 is 0 Å². The van der Waals surface area contributed by atoms with E-state index in [2.05, 4.69) is 10.2 Å². The van der Waals surface area contributed by atoms with Crippen LogP contribution in [0.3, 0.4) is 0 Å². The lowest BCUT2D eigenvalue weighted by atomic mass is 9.98. The Labute approximate surface area is 190 Å². The molecule has 7 heteroatoms. The van der Waals surface area contributed by atoms with E-state index in [9.17, 15) is 5.11 Å². The minimum absolute atomic E-state index is 0.0593. The molecule has 0 unspecified atom stereocenters. The van der Waals surface area contributed by atoms with Crippen molar-refractivity contribution in [1.29, 1.82) is 0 Å². The average molecular weight is 455 g/mol. The summed E-state index contributed by atoms with van der Waals surface area (Å²) >= 11 is 12.4. The largest absolute Gasteiger partial charge is 0.507 e. The standard InChI is InChI=1S/C24H20Cl2N2O3/c1-14-23(15-6-8-16(30-2)9-7-15)24(28-27-14)18-11-10-17(12-22(18)29)31-13-19-20(25)4-3-5-21(19)26/h3-12,29H,13H2,1-2H3,(H,27,28). The van der Waals surface area contributed by atoms with Gasteiger partial charge in [0.15, 0.2) is 0 Å². The highest BCUT2D eigenvalue weighted by Crippen LogP contribution is 2.39. The van der Waals surface area contributed by atoms with Crippen LogP contribution in [-0.2, 0) is 6.61 Å². The molecule has 0 radical (unpaired) electrons. The summed E-state index contributed by atoms with van der Waals surface area (Å²) in [7, 11) is 1.63. The van der Waals surface area contributed by atoms with Gasteiger partial charge in [0, 0.05) is 38.5 Å².